The summed E-state index contributed by atoms with van der Waals surface area (Å²) in [5.74, 6) is 0. The van der Waals surface area contributed by atoms with E-state index in [4.69, 9.17) is 10.00 Å². The fourth-order valence-corrected chi connectivity index (χ4v) is 2.97. The third-order valence-corrected chi connectivity index (χ3v) is 4.09. The summed E-state index contributed by atoms with van der Waals surface area (Å²) in [5.41, 5.74) is -0.00844. The lowest BCUT2D eigenvalue weighted by Gasteiger charge is -2.21. The van der Waals surface area contributed by atoms with Gasteiger partial charge in [-0.1, -0.05) is 0 Å². The molecule has 0 amide bonds. The molecule has 18 heavy (non-hydrogen) atoms. The lowest BCUT2D eigenvalue weighted by atomic mass is 10.2. The zero-order valence-electron chi connectivity index (χ0n) is 9.67. The van der Waals surface area contributed by atoms with Crippen molar-refractivity contribution in [3.63, 3.8) is 0 Å². The standard InChI is InChI=1S/C12H12N2O3S/c13-8-9-7-11(1-2-12(9)14(15)16)18-10-3-5-17-6-4-10/h1-2,7,10H,3-6H2. The van der Waals surface area contributed by atoms with Gasteiger partial charge in [0.1, 0.15) is 11.6 Å². The number of hydrogen-bond acceptors (Lipinski definition) is 5. The van der Waals surface area contributed by atoms with Crippen molar-refractivity contribution in [2.45, 2.75) is 23.0 Å². The van der Waals surface area contributed by atoms with Crippen LogP contribution in [-0.2, 0) is 4.74 Å². The van der Waals surface area contributed by atoms with Gasteiger partial charge in [0.2, 0.25) is 0 Å². The minimum Gasteiger partial charge on any atom is -0.381 e. The molecule has 0 radical (unpaired) electrons. The molecule has 2 rings (SSSR count). The van der Waals surface area contributed by atoms with Crippen molar-refractivity contribution in [3.05, 3.63) is 33.9 Å². The number of ether oxygens (including phenoxy) is 1. The van der Waals surface area contributed by atoms with E-state index < -0.39 is 4.92 Å². The lowest BCUT2D eigenvalue weighted by molar-refractivity contribution is -0.385. The van der Waals surface area contributed by atoms with Crippen LogP contribution in [0.3, 0.4) is 0 Å². The van der Waals surface area contributed by atoms with E-state index in [2.05, 4.69) is 0 Å². The predicted molar refractivity (Wildman–Crippen MR) is 67.5 cm³/mol. The summed E-state index contributed by atoms with van der Waals surface area (Å²) in [6.07, 6.45) is 1.95. The first-order chi connectivity index (χ1) is 8.70. The van der Waals surface area contributed by atoms with Gasteiger partial charge in [0.15, 0.2) is 0 Å². The normalized spacial score (nSPS) is 16.2. The van der Waals surface area contributed by atoms with Crippen LogP contribution in [0.1, 0.15) is 18.4 Å². The Morgan fingerprint density at radius 3 is 2.78 bits per heavy atom. The van der Waals surface area contributed by atoms with E-state index in [0.717, 1.165) is 31.0 Å². The Morgan fingerprint density at radius 2 is 2.17 bits per heavy atom. The van der Waals surface area contributed by atoms with Gasteiger partial charge in [-0.2, -0.15) is 5.26 Å². The summed E-state index contributed by atoms with van der Waals surface area (Å²) >= 11 is 1.66. The number of nitrogens with zero attached hydrogens (tertiary/aromatic N) is 2. The van der Waals surface area contributed by atoms with Crippen molar-refractivity contribution in [2.24, 2.45) is 0 Å². The van der Waals surface area contributed by atoms with E-state index in [1.54, 1.807) is 23.9 Å². The topological polar surface area (TPSA) is 76.2 Å². The number of nitriles is 1. The van der Waals surface area contributed by atoms with Crippen molar-refractivity contribution in [1.82, 2.24) is 0 Å². The van der Waals surface area contributed by atoms with Gasteiger partial charge in [-0.3, -0.25) is 10.1 Å². The Morgan fingerprint density at radius 1 is 1.44 bits per heavy atom. The molecule has 1 aliphatic rings. The molecule has 0 aromatic heterocycles. The van der Waals surface area contributed by atoms with Gasteiger partial charge in [-0.05, 0) is 25.0 Å². The Kier molecular flexibility index (Phi) is 4.18. The molecule has 0 spiro atoms. The van der Waals surface area contributed by atoms with Gasteiger partial charge in [0, 0.05) is 29.4 Å². The SMILES string of the molecule is N#Cc1cc(SC2CCOCC2)ccc1[N+](=O)[O-]. The summed E-state index contributed by atoms with van der Waals surface area (Å²) in [7, 11) is 0. The molecule has 1 aromatic carbocycles. The average molecular weight is 264 g/mol. The van der Waals surface area contributed by atoms with Crippen LogP contribution in [0.4, 0.5) is 5.69 Å². The van der Waals surface area contributed by atoms with Crippen molar-refractivity contribution >= 4 is 17.4 Å². The van der Waals surface area contributed by atoms with E-state index in [0.29, 0.717) is 5.25 Å². The molecule has 0 saturated carbocycles. The van der Waals surface area contributed by atoms with Crippen LogP contribution in [0.15, 0.2) is 23.1 Å². The van der Waals surface area contributed by atoms with E-state index >= 15 is 0 Å². The monoisotopic (exact) mass is 264 g/mol. The number of nitro benzene ring substituents is 1. The lowest BCUT2D eigenvalue weighted by Crippen LogP contribution is -2.17. The van der Waals surface area contributed by atoms with Crippen molar-refractivity contribution < 1.29 is 9.66 Å². The Bertz CT molecular complexity index is 493. The quantitative estimate of drug-likeness (QED) is 0.619. The Labute approximate surface area is 109 Å². The highest BCUT2D eigenvalue weighted by Gasteiger charge is 2.18. The summed E-state index contributed by atoms with van der Waals surface area (Å²) in [6.45, 7) is 1.52. The molecule has 5 nitrogen and oxygen atoms in total. The number of hydrogen-bond donors (Lipinski definition) is 0. The zero-order valence-corrected chi connectivity index (χ0v) is 10.5. The molecule has 0 bridgehead atoms. The highest BCUT2D eigenvalue weighted by atomic mass is 32.2. The molecule has 0 aliphatic carbocycles. The summed E-state index contributed by atoms with van der Waals surface area (Å²) in [5, 5.41) is 20.1. The first kappa shape index (κ1) is 12.9. The van der Waals surface area contributed by atoms with Crippen LogP contribution < -0.4 is 0 Å². The summed E-state index contributed by atoms with van der Waals surface area (Å²) in [4.78, 5) is 11.1. The minimum atomic E-state index is -0.526. The highest BCUT2D eigenvalue weighted by Crippen LogP contribution is 2.32. The Hall–Kier alpha value is -1.58. The summed E-state index contributed by atoms with van der Waals surface area (Å²) < 4.78 is 5.28. The molecule has 0 N–H and O–H groups in total. The molecular formula is C12H12N2O3S. The molecule has 0 unspecified atom stereocenters. The van der Waals surface area contributed by atoms with Gasteiger partial charge in [0.05, 0.1) is 4.92 Å². The Balaban J connectivity index is 2.14. The van der Waals surface area contributed by atoms with E-state index in [-0.39, 0.29) is 11.3 Å². The number of rotatable bonds is 3. The third kappa shape index (κ3) is 3.00. The minimum absolute atomic E-state index is 0.122. The second-order valence-electron chi connectivity index (χ2n) is 3.98. The number of benzene rings is 1. The molecule has 1 saturated heterocycles. The van der Waals surface area contributed by atoms with Crippen LogP contribution >= 0.6 is 11.8 Å². The highest BCUT2D eigenvalue weighted by molar-refractivity contribution is 8.00. The first-order valence-corrected chi connectivity index (χ1v) is 6.51. The van der Waals surface area contributed by atoms with Gasteiger partial charge in [0.25, 0.3) is 5.69 Å². The second kappa shape index (κ2) is 5.85. The third-order valence-electron chi connectivity index (χ3n) is 2.76. The molecule has 0 atom stereocenters. The average Bonchev–Trinajstić information content (AvgIpc) is 2.39. The maximum absolute atomic E-state index is 10.7. The molecule has 94 valence electrons. The predicted octanol–water partition coefficient (Wildman–Crippen LogP) is 2.74. The number of thioether (sulfide) groups is 1. The van der Waals surface area contributed by atoms with E-state index in [1.807, 2.05) is 6.07 Å². The van der Waals surface area contributed by atoms with Crippen molar-refractivity contribution in [2.75, 3.05) is 13.2 Å². The molecular weight excluding hydrogens is 252 g/mol. The molecule has 1 fully saturated rings. The van der Waals surface area contributed by atoms with Crippen molar-refractivity contribution in [1.29, 1.82) is 5.26 Å². The second-order valence-corrected chi connectivity index (χ2v) is 5.35. The fourth-order valence-electron chi connectivity index (χ4n) is 1.82. The maximum atomic E-state index is 10.7. The van der Waals surface area contributed by atoms with Gasteiger partial charge in [-0.25, -0.2) is 0 Å². The molecule has 6 heteroatoms. The fraction of sp³-hybridized carbons (Fsp3) is 0.417. The van der Waals surface area contributed by atoms with Crippen LogP contribution in [0.2, 0.25) is 0 Å². The van der Waals surface area contributed by atoms with E-state index in [9.17, 15) is 10.1 Å². The molecule has 1 aromatic rings. The van der Waals surface area contributed by atoms with Crippen LogP contribution in [0.5, 0.6) is 0 Å². The summed E-state index contributed by atoms with van der Waals surface area (Å²) in [6, 6.07) is 6.58. The van der Waals surface area contributed by atoms with Crippen molar-refractivity contribution in [3.8, 4) is 6.07 Å². The van der Waals surface area contributed by atoms with Crippen LogP contribution in [0.25, 0.3) is 0 Å². The largest absolute Gasteiger partial charge is 0.381 e. The van der Waals surface area contributed by atoms with Crippen LogP contribution in [0, 0.1) is 21.4 Å². The van der Waals surface area contributed by atoms with Gasteiger partial charge >= 0.3 is 0 Å². The van der Waals surface area contributed by atoms with Gasteiger partial charge in [-0.15, -0.1) is 11.8 Å². The smallest absolute Gasteiger partial charge is 0.287 e. The first-order valence-electron chi connectivity index (χ1n) is 5.63. The maximum Gasteiger partial charge on any atom is 0.287 e. The molecule has 1 aliphatic heterocycles. The molecule has 1 heterocycles. The van der Waals surface area contributed by atoms with Gasteiger partial charge < -0.3 is 4.74 Å². The number of nitro groups is 1. The zero-order chi connectivity index (χ0) is 13.0. The van der Waals surface area contributed by atoms with E-state index in [1.165, 1.54) is 6.07 Å². The van der Waals surface area contributed by atoms with Crippen LogP contribution in [-0.4, -0.2) is 23.4 Å².